The van der Waals surface area contributed by atoms with Gasteiger partial charge >= 0.3 is 0 Å². The summed E-state index contributed by atoms with van der Waals surface area (Å²) in [4.78, 5) is 9.74. The van der Waals surface area contributed by atoms with E-state index in [9.17, 15) is 0 Å². The van der Waals surface area contributed by atoms with Crippen molar-refractivity contribution in [3.63, 3.8) is 0 Å². The number of imidazole rings is 1. The Hall–Kier alpha value is -3.20. The molecule has 3 rings (SSSR count). The van der Waals surface area contributed by atoms with Crippen LogP contribution >= 0.6 is 0 Å². The average Bonchev–Trinajstić information content (AvgIpc) is 3.15. The van der Waals surface area contributed by atoms with Crippen molar-refractivity contribution < 1.29 is 14.2 Å². The van der Waals surface area contributed by atoms with E-state index in [1.54, 1.807) is 21.3 Å². The topological polar surface area (TPSA) is 108 Å². The number of hydrogen-bond acceptors (Lipinski definition) is 8. The van der Waals surface area contributed by atoms with Crippen molar-refractivity contribution in [2.24, 2.45) is 17.6 Å². The number of fused-ring (bicyclic) bond motifs is 1. The van der Waals surface area contributed by atoms with E-state index in [1.807, 2.05) is 24.3 Å². The molecule has 2 aromatic heterocycles. The molecule has 0 aliphatic rings. The van der Waals surface area contributed by atoms with Crippen LogP contribution in [0.4, 0.5) is 17.5 Å². The monoisotopic (exact) mass is 470 g/mol. The zero-order chi connectivity index (χ0) is 24.8. The van der Waals surface area contributed by atoms with Gasteiger partial charge in [-0.05, 0) is 36.9 Å². The molecule has 0 aliphatic heterocycles. The number of benzene rings is 1. The average molecular weight is 471 g/mol. The standard InChI is InChI=1S/C25H38N6O3/c1-15(2)22(16(3)4)29-21-10-9-18-24(30-21)31(12-8-11-26)25(28-18)27-17-13-19(32-5)23(34-7)20(14-17)33-6/h9-10,13-16,22H,8,11-12,26H2,1-7H3,(H,27,28)(H,29,30). The molecular formula is C25H38N6O3. The van der Waals surface area contributed by atoms with E-state index in [4.69, 9.17) is 29.9 Å². The summed E-state index contributed by atoms with van der Waals surface area (Å²) in [6.07, 6.45) is 0.801. The highest BCUT2D eigenvalue weighted by molar-refractivity contribution is 5.78. The van der Waals surface area contributed by atoms with E-state index < -0.39 is 0 Å². The summed E-state index contributed by atoms with van der Waals surface area (Å²) in [5, 5.41) is 7.01. The summed E-state index contributed by atoms with van der Waals surface area (Å²) in [5.74, 6) is 4.14. The van der Waals surface area contributed by atoms with Gasteiger partial charge in [-0.15, -0.1) is 0 Å². The Balaban J connectivity index is 2.02. The number of aromatic nitrogens is 3. The van der Waals surface area contributed by atoms with Gasteiger partial charge in [0, 0.05) is 30.4 Å². The Labute approximate surface area is 202 Å². The first kappa shape index (κ1) is 25.4. The molecule has 0 bridgehead atoms. The molecule has 0 atom stereocenters. The van der Waals surface area contributed by atoms with Crippen LogP contribution in [0.3, 0.4) is 0 Å². The maximum atomic E-state index is 5.83. The van der Waals surface area contributed by atoms with Gasteiger partial charge < -0.3 is 30.6 Å². The normalized spacial score (nSPS) is 11.5. The van der Waals surface area contributed by atoms with Crippen molar-refractivity contribution in [2.75, 3.05) is 38.5 Å². The second-order valence-electron chi connectivity index (χ2n) is 8.97. The molecule has 0 saturated heterocycles. The van der Waals surface area contributed by atoms with Gasteiger partial charge in [0.2, 0.25) is 11.7 Å². The van der Waals surface area contributed by atoms with Gasteiger partial charge in [-0.3, -0.25) is 4.57 Å². The Morgan fingerprint density at radius 3 is 2.12 bits per heavy atom. The molecule has 0 unspecified atom stereocenters. The molecule has 0 fully saturated rings. The maximum Gasteiger partial charge on any atom is 0.209 e. The van der Waals surface area contributed by atoms with Crippen molar-refractivity contribution in [1.82, 2.24) is 14.5 Å². The molecule has 9 nitrogen and oxygen atoms in total. The van der Waals surface area contributed by atoms with Crippen LogP contribution < -0.4 is 30.6 Å². The van der Waals surface area contributed by atoms with Gasteiger partial charge in [0.05, 0.1) is 21.3 Å². The van der Waals surface area contributed by atoms with E-state index in [0.29, 0.717) is 54.2 Å². The number of rotatable bonds is 12. The Morgan fingerprint density at radius 1 is 0.941 bits per heavy atom. The van der Waals surface area contributed by atoms with Gasteiger partial charge in [-0.25, -0.2) is 9.97 Å². The van der Waals surface area contributed by atoms with Crippen molar-refractivity contribution in [1.29, 1.82) is 0 Å². The van der Waals surface area contributed by atoms with Gasteiger partial charge in [0.15, 0.2) is 17.1 Å². The molecule has 1 aromatic carbocycles. The molecule has 0 spiro atoms. The lowest BCUT2D eigenvalue weighted by atomic mass is 9.93. The van der Waals surface area contributed by atoms with E-state index in [2.05, 4.69) is 42.9 Å². The lowest BCUT2D eigenvalue weighted by molar-refractivity contribution is 0.324. The van der Waals surface area contributed by atoms with Crippen LogP contribution in [0.5, 0.6) is 17.2 Å². The highest BCUT2D eigenvalue weighted by atomic mass is 16.5. The van der Waals surface area contributed by atoms with E-state index in [-0.39, 0.29) is 0 Å². The lowest BCUT2D eigenvalue weighted by Gasteiger charge is -2.26. The first-order chi connectivity index (χ1) is 16.3. The molecule has 2 heterocycles. The van der Waals surface area contributed by atoms with Crippen molar-refractivity contribution in [3.8, 4) is 17.2 Å². The zero-order valence-corrected chi connectivity index (χ0v) is 21.3. The Bertz CT molecular complexity index is 1060. The second-order valence-corrected chi connectivity index (χ2v) is 8.97. The number of anilines is 3. The maximum absolute atomic E-state index is 5.83. The number of pyridine rings is 1. The van der Waals surface area contributed by atoms with Crippen molar-refractivity contribution in [2.45, 2.75) is 46.7 Å². The van der Waals surface area contributed by atoms with E-state index in [1.165, 1.54) is 0 Å². The van der Waals surface area contributed by atoms with E-state index in [0.717, 1.165) is 29.1 Å². The fourth-order valence-electron chi connectivity index (χ4n) is 4.19. The molecule has 0 amide bonds. The van der Waals surface area contributed by atoms with Crippen molar-refractivity contribution in [3.05, 3.63) is 24.3 Å². The predicted molar refractivity (Wildman–Crippen MR) is 138 cm³/mol. The Kier molecular flexibility index (Phi) is 8.44. The highest BCUT2D eigenvalue weighted by Crippen LogP contribution is 2.40. The van der Waals surface area contributed by atoms with Crippen LogP contribution in [-0.2, 0) is 6.54 Å². The first-order valence-corrected chi connectivity index (χ1v) is 11.7. The van der Waals surface area contributed by atoms with Gasteiger partial charge in [-0.1, -0.05) is 27.7 Å². The minimum atomic E-state index is 0.321. The summed E-state index contributed by atoms with van der Waals surface area (Å²) in [7, 11) is 4.77. The van der Waals surface area contributed by atoms with Crippen LogP contribution in [0.25, 0.3) is 11.2 Å². The largest absolute Gasteiger partial charge is 0.493 e. The quantitative estimate of drug-likeness (QED) is 0.351. The molecule has 9 heteroatoms. The Morgan fingerprint density at radius 2 is 1.59 bits per heavy atom. The van der Waals surface area contributed by atoms with Crippen LogP contribution in [0, 0.1) is 11.8 Å². The summed E-state index contributed by atoms with van der Waals surface area (Å²) in [6.45, 7) is 10.2. The highest BCUT2D eigenvalue weighted by Gasteiger charge is 2.20. The first-order valence-electron chi connectivity index (χ1n) is 11.7. The lowest BCUT2D eigenvalue weighted by Crippen LogP contribution is -2.31. The third-order valence-corrected chi connectivity index (χ3v) is 5.85. The van der Waals surface area contributed by atoms with Crippen LogP contribution in [0.15, 0.2) is 24.3 Å². The molecule has 0 aliphatic carbocycles. The summed E-state index contributed by atoms with van der Waals surface area (Å²) in [5.41, 5.74) is 8.20. The van der Waals surface area contributed by atoms with Gasteiger partial charge in [0.1, 0.15) is 11.3 Å². The van der Waals surface area contributed by atoms with Crippen LogP contribution in [0.1, 0.15) is 34.1 Å². The second kappa shape index (κ2) is 11.3. The minimum Gasteiger partial charge on any atom is -0.493 e. The molecule has 4 N–H and O–H groups in total. The van der Waals surface area contributed by atoms with Crippen molar-refractivity contribution >= 4 is 28.6 Å². The molecule has 34 heavy (non-hydrogen) atoms. The molecular weight excluding hydrogens is 432 g/mol. The molecule has 3 aromatic rings. The zero-order valence-electron chi connectivity index (χ0n) is 21.3. The number of nitrogens with one attached hydrogen (secondary N) is 2. The molecule has 0 saturated carbocycles. The fourth-order valence-corrected chi connectivity index (χ4v) is 4.19. The van der Waals surface area contributed by atoms with Gasteiger partial charge in [-0.2, -0.15) is 0 Å². The summed E-state index contributed by atoms with van der Waals surface area (Å²) >= 11 is 0. The fraction of sp³-hybridized carbons (Fsp3) is 0.520. The number of nitrogens with two attached hydrogens (primary N) is 1. The number of methoxy groups -OCH3 is 3. The number of aryl methyl sites for hydroxylation is 1. The predicted octanol–water partition coefficient (Wildman–Crippen LogP) is 4.64. The third-order valence-electron chi connectivity index (χ3n) is 5.85. The summed E-state index contributed by atoms with van der Waals surface area (Å²) in [6, 6.07) is 8.02. The van der Waals surface area contributed by atoms with E-state index >= 15 is 0 Å². The smallest absolute Gasteiger partial charge is 0.209 e. The number of ether oxygens (including phenoxy) is 3. The number of hydrogen-bond donors (Lipinski definition) is 3. The van der Waals surface area contributed by atoms with Gasteiger partial charge in [0.25, 0.3) is 0 Å². The molecule has 0 radical (unpaired) electrons. The van der Waals surface area contributed by atoms with Crippen LogP contribution in [-0.4, -0.2) is 48.5 Å². The number of nitrogens with zero attached hydrogens (tertiary/aromatic N) is 3. The summed E-state index contributed by atoms with van der Waals surface area (Å²) < 4.78 is 18.5. The third kappa shape index (κ3) is 5.47. The SMILES string of the molecule is COc1cc(Nc2nc3ccc(NC(C(C)C)C(C)C)nc3n2CCCN)cc(OC)c1OC. The minimum absolute atomic E-state index is 0.321. The van der Waals surface area contributed by atoms with Crippen LogP contribution in [0.2, 0.25) is 0 Å². The molecule has 186 valence electrons.